The van der Waals surface area contributed by atoms with Crippen LogP contribution in [0.2, 0.25) is 0 Å². The van der Waals surface area contributed by atoms with Crippen molar-refractivity contribution in [3.63, 3.8) is 0 Å². The minimum Gasteiger partial charge on any atom is -0.369 e. The lowest BCUT2D eigenvalue weighted by molar-refractivity contribution is -0.108. The van der Waals surface area contributed by atoms with Gasteiger partial charge in [0.15, 0.2) is 0 Å². The molecule has 2 rings (SSSR count). The van der Waals surface area contributed by atoms with E-state index in [-0.39, 0.29) is 0 Å². The number of carbonyl (C=O) groups excluding carboxylic acids is 1. The molecule has 1 aromatic carbocycles. The number of rotatable bonds is 3. The molecule has 0 spiro atoms. The molecule has 0 unspecified atom stereocenters. The van der Waals surface area contributed by atoms with E-state index in [0.717, 1.165) is 32.5 Å². The van der Waals surface area contributed by atoms with Gasteiger partial charge in [-0.15, -0.1) is 0 Å². The molecule has 0 N–H and O–H groups in total. The van der Waals surface area contributed by atoms with Gasteiger partial charge in [0.2, 0.25) is 0 Å². The SMILES string of the molecule is Cc1ccc(N2CCN(CC=O)CC2)cc1. The number of benzene rings is 1. The molecule has 16 heavy (non-hydrogen) atoms. The second-order valence-electron chi connectivity index (χ2n) is 4.29. The predicted octanol–water partition coefficient (Wildman–Crippen LogP) is 1.32. The van der Waals surface area contributed by atoms with Crippen molar-refractivity contribution in [2.24, 2.45) is 0 Å². The van der Waals surface area contributed by atoms with Crippen LogP contribution < -0.4 is 4.90 Å². The Bertz CT molecular complexity index is 339. The van der Waals surface area contributed by atoms with Crippen LogP contribution in [0.4, 0.5) is 5.69 Å². The lowest BCUT2D eigenvalue weighted by Gasteiger charge is -2.35. The molecular weight excluding hydrogens is 200 g/mol. The first-order chi connectivity index (χ1) is 7.79. The highest BCUT2D eigenvalue weighted by Crippen LogP contribution is 2.16. The molecule has 1 heterocycles. The van der Waals surface area contributed by atoms with Crippen molar-refractivity contribution in [3.05, 3.63) is 29.8 Å². The second-order valence-corrected chi connectivity index (χ2v) is 4.29. The summed E-state index contributed by atoms with van der Waals surface area (Å²) < 4.78 is 0. The highest BCUT2D eigenvalue weighted by Gasteiger charge is 2.16. The minimum atomic E-state index is 0.571. The smallest absolute Gasteiger partial charge is 0.133 e. The fourth-order valence-corrected chi connectivity index (χ4v) is 2.05. The Balaban J connectivity index is 1.93. The number of carbonyl (C=O) groups is 1. The van der Waals surface area contributed by atoms with E-state index in [2.05, 4.69) is 41.0 Å². The van der Waals surface area contributed by atoms with E-state index >= 15 is 0 Å². The van der Waals surface area contributed by atoms with Gasteiger partial charge in [-0.25, -0.2) is 0 Å². The van der Waals surface area contributed by atoms with Gasteiger partial charge in [-0.3, -0.25) is 4.90 Å². The summed E-state index contributed by atoms with van der Waals surface area (Å²) in [5, 5.41) is 0. The molecule has 0 aromatic heterocycles. The fraction of sp³-hybridized carbons (Fsp3) is 0.462. The van der Waals surface area contributed by atoms with E-state index in [0.29, 0.717) is 6.54 Å². The Kier molecular flexibility index (Phi) is 3.57. The van der Waals surface area contributed by atoms with E-state index in [9.17, 15) is 4.79 Å². The summed E-state index contributed by atoms with van der Waals surface area (Å²) in [5.74, 6) is 0. The van der Waals surface area contributed by atoms with E-state index in [1.807, 2.05) is 0 Å². The third-order valence-electron chi connectivity index (χ3n) is 3.10. The summed E-state index contributed by atoms with van der Waals surface area (Å²) >= 11 is 0. The van der Waals surface area contributed by atoms with Gasteiger partial charge >= 0.3 is 0 Å². The molecule has 1 aromatic rings. The number of hydrogen-bond acceptors (Lipinski definition) is 3. The monoisotopic (exact) mass is 218 g/mol. The molecule has 1 aliphatic heterocycles. The Morgan fingerprint density at radius 1 is 1.12 bits per heavy atom. The van der Waals surface area contributed by atoms with Crippen LogP contribution in [-0.2, 0) is 4.79 Å². The quantitative estimate of drug-likeness (QED) is 0.715. The topological polar surface area (TPSA) is 23.6 Å². The number of aryl methyl sites for hydroxylation is 1. The first-order valence-corrected chi connectivity index (χ1v) is 5.77. The highest BCUT2D eigenvalue weighted by atomic mass is 16.1. The normalized spacial score (nSPS) is 17.4. The Hall–Kier alpha value is -1.35. The third kappa shape index (κ3) is 2.61. The van der Waals surface area contributed by atoms with Gasteiger partial charge in [0.1, 0.15) is 6.29 Å². The Morgan fingerprint density at radius 3 is 2.31 bits per heavy atom. The van der Waals surface area contributed by atoms with Gasteiger partial charge in [0.05, 0.1) is 6.54 Å². The molecule has 1 aliphatic rings. The Labute approximate surface area is 96.7 Å². The Morgan fingerprint density at radius 2 is 1.75 bits per heavy atom. The number of aldehydes is 1. The minimum absolute atomic E-state index is 0.571. The molecule has 0 saturated carbocycles. The van der Waals surface area contributed by atoms with Crippen LogP contribution in [0.1, 0.15) is 5.56 Å². The average Bonchev–Trinajstić information content (AvgIpc) is 2.32. The van der Waals surface area contributed by atoms with Crippen LogP contribution >= 0.6 is 0 Å². The van der Waals surface area contributed by atoms with Crippen molar-refractivity contribution in [1.29, 1.82) is 0 Å². The first kappa shape index (κ1) is 11.1. The van der Waals surface area contributed by atoms with Gasteiger partial charge in [-0.05, 0) is 19.1 Å². The van der Waals surface area contributed by atoms with Crippen molar-refractivity contribution in [2.75, 3.05) is 37.6 Å². The van der Waals surface area contributed by atoms with Gasteiger partial charge in [0, 0.05) is 31.9 Å². The van der Waals surface area contributed by atoms with Crippen LogP contribution in [0.3, 0.4) is 0 Å². The maximum Gasteiger partial charge on any atom is 0.133 e. The molecular formula is C13H18N2O. The zero-order valence-electron chi connectivity index (χ0n) is 9.72. The van der Waals surface area contributed by atoms with E-state index in [1.165, 1.54) is 11.3 Å². The van der Waals surface area contributed by atoms with Crippen LogP contribution in [-0.4, -0.2) is 43.9 Å². The van der Waals surface area contributed by atoms with Crippen LogP contribution in [0.5, 0.6) is 0 Å². The number of nitrogens with zero attached hydrogens (tertiary/aromatic N) is 2. The van der Waals surface area contributed by atoms with Crippen molar-refractivity contribution in [3.8, 4) is 0 Å². The molecule has 1 fully saturated rings. The zero-order chi connectivity index (χ0) is 11.4. The van der Waals surface area contributed by atoms with Crippen molar-refractivity contribution < 1.29 is 4.79 Å². The largest absolute Gasteiger partial charge is 0.369 e. The predicted molar refractivity (Wildman–Crippen MR) is 65.9 cm³/mol. The van der Waals surface area contributed by atoms with E-state index < -0.39 is 0 Å². The number of piperazine rings is 1. The number of hydrogen-bond donors (Lipinski definition) is 0. The molecule has 1 saturated heterocycles. The van der Waals surface area contributed by atoms with Gasteiger partial charge in [-0.1, -0.05) is 17.7 Å². The van der Waals surface area contributed by atoms with Crippen molar-refractivity contribution in [1.82, 2.24) is 4.90 Å². The summed E-state index contributed by atoms with van der Waals surface area (Å²) in [6.07, 6.45) is 0.988. The van der Waals surface area contributed by atoms with Crippen LogP contribution in [0.25, 0.3) is 0 Å². The maximum atomic E-state index is 10.4. The second kappa shape index (κ2) is 5.12. The summed E-state index contributed by atoms with van der Waals surface area (Å²) in [6.45, 7) is 6.65. The molecule has 0 amide bonds. The highest BCUT2D eigenvalue weighted by molar-refractivity contribution is 5.52. The summed E-state index contributed by atoms with van der Waals surface area (Å²) in [7, 11) is 0. The van der Waals surface area contributed by atoms with Crippen LogP contribution in [0.15, 0.2) is 24.3 Å². The summed E-state index contributed by atoms with van der Waals surface area (Å²) in [4.78, 5) is 15.0. The summed E-state index contributed by atoms with van der Waals surface area (Å²) in [6, 6.07) is 8.63. The first-order valence-electron chi connectivity index (χ1n) is 5.77. The van der Waals surface area contributed by atoms with Crippen molar-refractivity contribution >= 4 is 12.0 Å². The third-order valence-corrected chi connectivity index (χ3v) is 3.10. The van der Waals surface area contributed by atoms with Gasteiger partial charge < -0.3 is 9.69 Å². The number of anilines is 1. The molecule has 0 atom stereocenters. The molecule has 3 nitrogen and oxygen atoms in total. The molecule has 0 aliphatic carbocycles. The van der Waals surface area contributed by atoms with Crippen molar-refractivity contribution in [2.45, 2.75) is 6.92 Å². The molecule has 86 valence electrons. The lowest BCUT2D eigenvalue weighted by atomic mass is 10.2. The molecule has 3 heteroatoms. The molecule has 0 bridgehead atoms. The summed E-state index contributed by atoms with van der Waals surface area (Å²) in [5.41, 5.74) is 2.58. The van der Waals surface area contributed by atoms with Gasteiger partial charge in [-0.2, -0.15) is 0 Å². The van der Waals surface area contributed by atoms with E-state index in [1.54, 1.807) is 0 Å². The fourth-order valence-electron chi connectivity index (χ4n) is 2.05. The maximum absolute atomic E-state index is 10.4. The lowest BCUT2D eigenvalue weighted by Crippen LogP contribution is -2.46. The average molecular weight is 218 g/mol. The van der Waals surface area contributed by atoms with Crippen LogP contribution in [0, 0.1) is 6.92 Å². The van der Waals surface area contributed by atoms with E-state index in [4.69, 9.17) is 0 Å². The molecule has 0 radical (unpaired) electrons. The van der Waals surface area contributed by atoms with Gasteiger partial charge in [0.25, 0.3) is 0 Å². The standard InChI is InChI=1S/C13H18N2O/c1-12-2-4-13(5-3-12)15-8-6-14(7-9-15)10-11-16/h2-5,11H,6-10H2,1H3. The zero-order valence-corrected chi connectivity index (χ0v) is 9.72.